The standard InChI is InChI=1S/C12H19N3O4/c1-8(2)19-6-4-5-13-11(16)9-7-15(3)14-10(9)12(17)18/h7-8H,4-6H2,1-3H3,(H,13,16)(H,17,18). The third kappa shape index (κ3) is 4.70. The van der Waals surface area contributed by atoms with E-state index in [0.29, 0.717) is 19.6 Å². The molecule has 106 valence electrons. The van der Waals surface area contributed by atoms with Gasteiger partial charge in [-0.1, -0.05) is 0 Å². The molecule has 0 spiro atoms. The van der Waals surface area contributed by atoms with Gasteiger partial charge in [0.25, 0.3) is 5.91 Å². The van der Waals surface area contributed by atoms with Crippen molar-refractivity contribution in [3.8, 4) is 0 Å². The van der Waals surface area contributed by atoms with E-state index in [1.165, 1.54) is 10.9 Å². The fraction of sp³-hybridized carbons (Fsp3) is 0.583. The smallest absolute Gasteiger partial charge is 0.357 e. The van der Waals surface area contributed by atoms with E-state index < -0.39 is 11.9 Å². The number of rotatable bonds is 7. The molecule has 1 aromatic heterocycles. The second-order valence-corrected chi connectivity index (χ2v) is 4.40. The largest absolute Gasteiger partial charge is 0.476 e. The summed E-state index contributed by atoms with van der Waals surface area (Å²) in [6, 6.07) is 0. The molecular formula is C12H19N3O4. The number of carboxylic acid groups (broad SMARTS) is 1. The summed E-state index contributed by atoms with van der Waals surface area (Å²) < 4.78 is 6.64. The minimum atomic E-state index is -1.21. The van der Waals surface area contributed by atoms with Crippen LogP contribution in [-0.2, 0) is 11.8 Å². The van der Waals surface area contributed by atoms with E-state index in [1.807, 2.05) is 13.8 Å². The van der Waals surface area contributed by atoms with E-state index in [9.17, 15) is 9.59 Å². The van der Waals surface area contributed by atoms with Crippen LogP contribution in [0.4, 0.5) is 0 Å². The van der Waals surface area contributed by atoms with Crippen molar-refractivity contribution in [2.45, 2.75) is 26.4 Å². The molecule has 1 amide bonds. The minimum Gasteiger partial charge on any atom is -0.476 e. The Morgan fingerprint density at radius 3 is 2.79 bits per heavy atom. The van der Waals surface area contributed by atoms with Crippen LogP contribution in [0, 0.1) is 0 Å². The van der Waals surface area contributed by atoms with Crippen molar-refractivity contribution >= 4 is 11.9 Å². The number of carbonyl (C=O) groups excluding carboxylic acids is 1. The number of hydrogen-bond acceptors (Lipinski definition) is 4. The lowest BCUT2D eigenvalue weighted by atomic mass is 10.2. The van der Waals surface area contributed by atoms with Gasteiger partial charge in [-0.05, 0) is 20.3 Å². The van der Waals surface area contributed by atoms with Gasteiger partial charge in [0.2, 0.25) is 0 Å². The zero-order valence-corrected chi connectivity index (χ0v) is 11.3. The monoisotopic (exact) mass is 269 g/mol. The summed E-state index contributed by atoms with van der Waals surface area (Å²) in [6.07, 6.45) is 2.23. The Kier molecular flexibility index (Phi) is 5.50. The Morgan fingerprint density at radius 2 is 2.21 bits per heavy atom. The van der Waals surface area contributed by atoms with Gasteiger partial charge in [0.15, 0.2) is 5.69 Å². The fourth-order valence-corrected chi connectivity index (χ4v) is 1.50. The third-order valence-electron chi connectivity index (χ3n) is 2.33. The lowest BCUT2D eigenvalue weighted by molar-refractivity contribution is 0.0681. The zero-order valence-electron chi connectivity index (χ0n) is 11.3. The first-order chi connectivity index (χ1) is 8.91. The van der Waals surface area contributed by atoms with Gasteiger partial charge in [0.05, 0.1) is 11.7 Å². The molecule has 0 atom stereocenters. The highest BCUT2D eigenvalue weighted by molar-refractivity contribution is 6.03. The van der Waals surface area contributed by atoms with Crippen molar-refractivity contribution in [3.05, 3.63) is 17.5 Å². The van der Waals surface area contributed by atoms with Crippen LogP contribution in [0.5, 0.6) is 0 Å². The van der Waals surface area contributed by atoms with Gasteiger partial charge < -0.3 is 15.2 Å². The van der Waals surface area contributed by atoms with Gasteiger partial charge in [-0.15, -0.1) is 0 Å². The number of nitrogens with zero attached hydrogens (tertiary/aromatic N) is 2. The highest BCUT2D eigenvalue weighted by Gasteiger charge is 2.20. The van der Waals surface area contributed by atoms with Crippen LogP contribution in [-0.4, -0.2) is 46.0 Å². The highest BCUT2D eigenvalue weighted by Crippen LogP contribution is 2.06. The summed E-state index contributed by atoms with van der Waals surface area (Å²) >= 11 is 0. The van der Waals surface area contributed by atoms with Crippen LogP contribution < -0.4 is 5.32 Å². The highest BCUT2D eigenvalue weighted by atomic mass is 16.5. The molecule has 1 heterocycles. The maximum Gasteiger partial charge on any atom is 0.357 e. The summed E-state index contributed by atoms with van der Waals surface area (Å²) in [5, 5.41) is 15.3. The molecule has 0 aliphatic heterocycles. The Balaban J connectivity index is 2.48. The molecule has 0 bridgehead atoms. The normalized spacial score (nSPS) is 10.7. The quantitative estimate of drug-likeness (QED) is 0.709. The molecule has 19 heavy (non-hydrogen) atoms. The molecule has 0 saturated heterocycles. The second-order valence-electron chi connectivity index (χ2n) is 4.40. The molecule has 0 saturated carbocycles. The van der Waals surface area contributed by atoms with Crippen molar-refractivity contribution in [1.29, 1.82) is 0 Å². The number of aromatic carboxylic acids is 1. The molecule has 1 aromatic rings. The molecule has 0 aliphatic rings. The summed E-state index contributed by atoms with van der Waals surface area (Å²) in [5.41, 5.74) is -0.168. The van der Waals surface area contributed by atoms with E-state index in [4.69, 9.17) is 9.84 Å². The molecule has 7 nitrogen and oxygen atoms in total. The first kappa shape index (κ1) is 15.2. The van der Waals surface area contributed by atoms with Crippen molar-refractivity contribution in [3.63, 3.8) is 0 Å². The van der Waals surface area contributed by atoms with Gasteiger partial charge in [-0.25, -0.2) is 4.79 Å². The lowest BCUT2D eigenvalue weighted by Gasteiger charge is -2.07. The number of carboxylic acids is 1. The second kappa shape index (κ2) is 6.89. The van der Waals surface area contributed by atoms with Crippen LogP contribution in [0.25, 0.3) is 0 Å². The van der Waals surface area contributed by atoms with Crippen LogP contribution in [0.3, 0.4) is 0 Å². The van der Waals surface area contributed by atoms with Gasteiger partial charge in [0, 0.05) is 26.4 Å². The third-order valence-corrected chi connectivity index (χ3v) is 2.33. The van der Waals surface area contributed by atoms with E-state index in [-0.39, 0.29) is 17.4 Å². The van der Waals surface area contributed by atoms with Crippen molar-refractivity contribution < 1.29 is 19.4 Å². The van der Waals surface area contributed by atoms with E-state index in [1.54, 1.807) is 7.05 Å². The molecule has 1 rings (SSSR count). The number of ether oxygens (including phenoxy) is 1. The number of carbonyl (C=O) groups is 2. The Hall–Kier alpha value is -1.89. The molecule has 0 fully saturated rings. The number of hydrogen-bond donors (Lipinski definition) is 2. The lowest BCUT2D eigenvalue weighted by Crippen LogP contribution is -2.26. The SMILES string of the molecule is CC(C)OCCCNC(=O)c1cn(C)nc1C(=O)O. The van der Waals surface area contributed by atoms with Gasteiger partial charge in [-0.2, -0.15) is 5.10 Å². The fourth-order valence-electron chi connectivity index (χ4n) is 1.50. The van der Waals surface area contributed by atoms with Crippen LogP contribution in [0.1, 0.15) is 41.1 Å². The predicted molar refractivity (Wildman–Crippen MR) is 68.2 cm³/mol. The van der Waals surface area contributed by atoms with Crippen LogP contribution in [0.15, 0.2) is 6.20 Å². The van der Waals surface area contributed by atoms with Gasteiger partial charge in [-0.3, -0.25) is 9.48 Å². The summed E-state index contributed by atoms with van der Waals surface area (Å²) in [4.78, 5) is 22.7. The van der Waals surface area contributed by atoms with Crippen molar-refractivity contribution in [2.75, 3.05) is 13.2 Å². The molecule has 0 aromatic carbocycles. The molecule has 0 aliphatic carbocycles. The van der Waals surface area contributed by atoms with Crippen LogP contribution in [0.2, 0.25) is 0 Å². The van der Waals surface area contributed by atoms with E-state index >= 15 is 0 Å². The predicted octanol–water partition coefficient (Wildman–Crippen LogP) is 0.663. The van der Waals surface area contributed by atoms with E-state index in [0.717, 1.165) is 0 Å². The van der Waals surface area contributed by atoms with Gasteiger partial charge >= 0.3 is 5.97 Å². The molecule has 7 heteroatoms. The number of nitrogens with one attached hydrogen (secondary N) is 1. The Labute approximate surface area is 111 Å². The molecular weight excluding hydrogens is 250 g/mol. The maximum absolute atomic E-state index is 11.8. The summed E-state index contributed by atoms with van der Waals surface area (Å²) in [5.74, 6) is -1.65. The topological polar surface area (TPSA) is 93.5 Å². The van der Waals surface area contributed by atoms with E-state index in [2.05, 4.69) is 10.4 Å². The molecule has 0 radical (unpaired) electrons. The Morgan fingerprint density at radius 1 is 1.53 bits per heavy atom. The van der Waals surface area contributed by atoms with Crippen molar-refractivity contribution in [1.82, 2.24) is 15.1 Å². The van der Waals surface area contributed by atoms with Crippen LogP contribution >= 0.6 is 0 Å². The number of amides is 1. The molecule has 2 N–H and O–H groups in total. The maximum atomic E-state index is 11.8. The average Bonchev–Trinajstić information content (AvgIpc) is 2.70. The first-order valence-corrected chi connectivity index (χ1v) is 6.08. The summed E-state index contributed by atoms with van der Waals surface area (Å²) in [7, 11) is 1.57. The first-order valence-electron chi connectivity index (χ1n) is 6.08. The van der Waals surface area contributed by atoms with Gasteiger partial charge in [0.1, 0.15) is 0 Å². The number of aryl methyl sites for hydroxylation is 1. The minimum absolute atomic E-state index is 0.0692. The zero-order chi connectivity index (χ0) is 14.4. The average molecular weight is 269 g/mol. The number of aromatic nitrogens is 2. The summed E-state index contributed by atoms with van der Waals surface area (Å²) in [6.45, 7) is 4.86. The molecule has 0 unspecified atom stereocenters. The van der Waals surface area contributed by atoms with Crippen molar-refractivity contribution in [2.24, 2.45) is 7.05 Å². The Bertz CT molecular complexity index is 454.